The van der Waals surface area contributed by atoms with E-state index in [4.69, 9.17) is 11.6 Å². The Balaban J connectivity index is 2.01. The molecule has 0 aromatic heterocycles. The van der Waals surface area contributed by atoms with E-state index in [1.54, 1.807) is 17.0 Å². The Morgan fingerprint density at radius 1 is 1.50 bits per heavy atom. The maximum atomic E-state index is 12.4. The van der Waals surface area contributed by atoms with Gasteiger partial charge in [-0.15, -0.1) is 0 Å². The van der Waals surface area contributed by atoms with E-state index in [-0.39, 0.29) is 6.03 Å². The van der Waals surface area contributed by atoms with Crippen molar-refractivity contribution in [2.75, 3.05) is 39.0 Å². The van der Waals surface area contributed by atoms with Gasteiger partial charge in [-0.1, -0.05) is 11.6 Å². The van der Waals surface area contributed by atoms with Crippen LogP contribution in [0.4, 0.5) is 10.5 Å². The minimum atomic E-state index is -0.838. The van der Waals surface area contributed by atoms with Crippen LogP contribution in [0.5, 0.6) is 0 Å². The van der Waals surface area contributed by atoms with E-state index in [0.717, 1.165) is 18.4 Å². The van der Waals surface area contributed by atoms with Crippen LogP contribution in [0.15, 0.2) is 18.2 Å². The molecule has 0 saturated carbocycles. The van der Waals surface area contributed by atoms with Gasteiger partial charge in [-0.05, 0) is 57.6 Å². The fourth-order valence-corrected chi connectivity index (χ4v) is 3.05. The summed E-state index contributed by atoms with van der Waals surface area (Å²) < 4.78 is 0. The van der Waals surface area contributed by atoms with Gasteiger partial charge < -0.3 is 20.2 Å². The second-order valence-corrected chi connectivity index (χ2v) is 6.79. The molecule has 2 N–H and O–H groups in total. The number of β-amino-alcohol motifs (C(OH)–C–C–N with tert-alkyl or cyclic N) is 1. The summed E-state index contributed by atoms with van der Waals surface area (Å²) in [5.41, 5.74) is 0.797. The fourth-order valence-electron chi connectivity index (χ4n) is 2.93. The van der Waals surface area contributed by atoms with Gasteiger partial charge in [-0.3, -0.25) is 0 Å². The van der Waals surface area contributed by atoms with Crippen molar-refractivity contribution in [1.29, 1.82) is 0 Å². The van der Waals surface area contributed by atoms with Gasteiger partial charge in [0.15, 0.2) is 0 Å². The van der Waals surface area contributed by atoms with Crippen LogP contribution in [-0.2, 0) is 0 Å². The van der Waals surface area contributed by atoms with Crippen LogP contribution in [0.25, 0.3) is 0 Å². The van der Waals surface area contributed by atoms with Gasteiger partial charge in [0, 0.05) is 23.8 Å². The molecule has 22 heavy (non-hydrogen) atoms. The second kappa shape index (κ2) is 6.86. The van der Waals surface area contributed by atoms with E-state index in [9.17, 15) is 9.90 Å². The number of halogens is 1. The van der Waals surface area contributed by atoms with Crippen molar-refractivity contribution in [1.82, 2.24) is 9.80 Å². The summed E-state index contributed by atoms with van der Waals surface area (Å²) in [6, 6.07) is 5.21. The number of carbonyl (C=O) groups excluding carboxylic acids is 1. The molecule has 0 unspecified atom stereocenters. The molecule has 1 aromatic rings. The average molecular weight is 326 g/mol. The summed E-state index contributed by atoms with van der Waals surface area (Å²) in [6.07, 6.45) is 1.52. The molecule has 0 bridgehead atoms. The molecule has 0 spiro atoms. The molecule has 2 rings (SSSR count). The number of likely N-dealkylation sites (tertiary alicyclic amines) is 1. The number of aryl methyl sites for hydroxylation is 1. The number of urea groups is 1. The third kappa shape index (κ3) is 4.35. The molecule has 1 fully saturated rings. The van der Waals surface area contributed by atoms with E-state index < -0.39 is 5.60 Å². The van der Waals surface area contributed by atoms with Gasteiger partial charge in [-0.2, -0.15) is 0 Å². The topological polar surface area (TPSA) is 55.8 Å². The smallest absolute Gasteiger partial charge is 0.321 e. The number of aliphatic hydroxyl groups is 1. The monoisotopic (exact) mass is 325 g/mol. The van der Waals surface area contributed by atoms with Gasteiger partial charge in [0.1, 0.15) is 0 Å². The molecule has 2 amide bonds. The van der Waals surface area contributed by atoms with Crippen molar-refractivity contribution in [2.24, 2.45) is 0 Å². The third-order valence-corrected chi connectivity index (χ3v) is 4.29. The van der Waals surface area contributed by atoms with Gasteiger partial charge in [0.2, 0.25) is 0 Å². The molecule has 1 aliphatic rings. The van der Waals surface area contributed by atoms with Crippen LogP contribution in [0, 0.1) is 6.92 Å². The van der Waals surface area contributed by atoms with Crippen molar-refractivity contribution < 1.29 is 9.90 Å². The van der Waals surface area contributed by atoms with Crippen molar-refractivity contribution in [3.05, 3.63) is 28.8 Å². The molecular weight excluding hydrogens is 302 g/mol. The van der Waals surface area contributed by atoms with Crippen molar-refractivity contribution >= 4 is 23.3 Å². The molecule has 5 nitrogen and oxygen atoms in total. The van der Waals surface area contributed by atoms with E-state index in [2.05, 4.69) is 5.32 Å². The molecule has 1 heterocycles. The first-order valence-electron chi connectivity index (χ1n) is 7.48. The van der Waals surface area contributed by atoms with Gasteiger partial charge in [0.25, 0.3) is 0 Å². The number of carbonyl (C=O) groups is 1. The predicted octanol–water partition coefficient (Wildman–Crippen LogP) is 2.57. The zero-order valence-electron chi connectivity index (χ0n) is 13.4. The predicted molar refractivity (Wildman–Crippen MR) is 89.5 cm³/mol. The first kappa shape index (κ1) is 17.1. The Kier molecular flexibility index (Phi) is 5.32. The highest BCUT2D eigenvalue weighted by Gasteiger charge is 2.35. The summed E-state index contributed by atoms with van der Waals surface area (Å²) >= 11 is 5.99. The lowest BCUT2D eigenvalue weighted by molar-refractivity contribution is -0.0333. The number of benzene rings is 1. The van der Waals surface area contributed by atoms with Gasteiger partial charge in [0.05, 0.1) is 12.1 Å². The van der Waals surface area contributed by atoms with Gasteiger partial charge in [-0.25, -0.2) is 4.79 Å². The second-order valence-electron chi connectivity index (χ2n) is 6.38. The van der Waals surface area contributed by atoms with Gasteiger partial charge >= 0.3 is 6.03 Å². The Morgan fingerprint density at radius 2 is 2.23 bits per heavy atom. The molecule has 0 radical (unpaired) electrons. The maximum absolute atomic E-state index is 12.4. The zero-order valence-corrected chi connectivity index (χ0v) is 14.2. The summed E-state index contributed by atoms with van der Waals surface area (Å²) in [6.45, 7) is 3.46. The van der Waals surface area contributed by atoms with Crippen LogP contribution >= 0.6 is 11.6 Å². The number of nitrogens with one attached hydrogen (secondary N) is 1. The van der Waals surface area contributed by atoms with E-state index in [1.807, 2.05) is 32.0 Å². The molecule has 6 heteroatoms. The van der Waals surface area contributed by atoms with Crippen LogP contribution in [0.1, 0.15) is 18.4 Å². The molecular formula is C16H24ClN3O2. The van der Waals surface area contributed by atoms with Crippen LogP contribution in [-0.4, -0.2) is 60.3 Å². The van der Waals surface area contributed by atoms with Crippen LogP contribution < -0.4 is 5.32 Å². The number of rotatable bonds is 3. The average Bonchev–Trinajstić information content (AvgIpc) is 2.41. The normalized spacial score (nSPS) is 22.0. The summed E-state index contributed by atoms with van der Waals surface area (Å²) in [4.78, 5) is 16.0. The Hall–Kier alpha value is -1.30. The van der Waals surface area contributed by atoms with E-state index in [1.165, 1.54) is 0 Å². The zero-order chi connectivity index (χ0) is 16.3. The minimum absolute atomic E-state index is 0.182. The Labute approximate surface area is 136 Å². The van der Waals surface area contributed by atoms with Crippen LogP contribution in [0.2, 0.25) is 5.02 Å². The number of likely N-dealkylation sites (N-methyl/N-ethyl adjacent to an activating group) is 1. The van der Waals surface area contributed by atoms with Crippen molar-refractivity contribution in [3.8, 4) is 0 Å². The quantitative estimate of drug-likeness (QED) is 0.898. The lowest BCUT2D eigenvalue weighted by Gasteiger charge is -2.40. The largest absolute Gasteiger partial charge is 0.387 e. The number of anilines is 1. The van der Waals surface area contributed by atoms with Crippen molar-refractivity contribution in [3.63, 3.8) is 0 Å². The summed E-state index contributed by atoms with van der Waals surface area (Å²) in [5.74, 6) is 0. The molecule has 122 valence electrons. The highest BCUT2D eigenvalue weighted by Crippen LogP contribution is 2.24. The third-order valence-electron chi connectivity index (χ3n) is 3.86. The maximum Gasteiger partial charge on any atom is 0.321 e. The summed E-state index contributed by atoms with van der Waals surface area (Å²) in [7, 11) is 3.85. The molecule has 0 aliphatic carbocycles. The van der Waals surface area contributed by atoms with Crippen LogP contribution in [0.3, 0.4) is 0 Å². The fraction of sp³-hybridized carbons (Fsp3) is 0.562. The Bertz CT molecular complexity index is 550. The first-order valence-corrected chi connectivity index (χ1v) is 7.86. The van der Waals surface area contributed by atoms with E-state index in [0.29, 0.717) is 30.3 Å². The number of amides is 2. The SMILES string of the molecule is Cc1cc(NC(=O)N2CCC[C@](O)(CN(C)C)C2)ccc1Cl. The molecule has 1 atom stereocenters. The number of nitrogens with zero attached hydrogens (tertiary/aromatic N) is 2. The lowest BCUT2D eigenvalue weighted by Crippen LogP contribution is -2.55. The number of piperidine rings is 1. The van der Waals surface area contributed by atoms with Crippen molar-refractivity contribution in [2.45, 2.75) is 25.4 Å². The highest BCUT2D eigenvalue weighted by atomic mass is 35.5. The highest BCUT2D eigenvalue weighted by molar-refractivity contribution is 6.31. The number of hydrogen-bond acceptors (Lipinski definition) is 3. The molecule has 1 saturated heterocycles. The molecule has 1 aromatic carbocycles. The standard InChI is InChI=1S/C16H24ClN3O2/c1-12-9-13(5-6-14(12)17)18-15(21)20-8-4-7-16(22,11-20)10-19(2)3/h5-6,9,22H,4,7-8,10-11H2,1-3H3,(H,18,21)/t16-/m0/s1. The number of hydrogen-bond donors (Lipinski definition) is 2. The minimum Gasteiger partial charge on any atom is -0.387 e. The first-order chi connectivity index (χ1) is 10.3. The Morgan fingerprint density at radius 3 is 2.86 bits per heavy atom. The molecule has 1 aliphatic heterocycles. The lowest BCUT2D eigenvalue weighted by atomic mass is 9.92. The summed E-state index contributed by atoms with van der Waals surface area (Å²) in [5, 5.41) is 14.2. The van der Waals surface area contributed by atoms with E-state index >= 15 is 0 Å².